The van der Waals surface area contributed by atoms with E-state index in [0.29, 0.717) is 36.5 Å². The number of pyridine rings is 1. The van der Waals surface area contributed by atoms with Crippen molar-refractivity contribution in [1.82, 2.24) is 4.98 Å². The lowest BCUT2D eigenvalue weighted by molar-refractivity contribution is -0.206. The Hall–Kier alpha value is -3.73. The molecule has 6 rings (SSSR count). The summed E-state index contributed by atoms with van der Waals surface area (Å²) in [5, 5.41) is 28.4. The summed E-state index contributed by atoms with van der Waals surface area (Å²) in [6.45, 7) is 3.82. The Bertz CT molecular complexity index is 1510. The first-order valence-electron chi connectivity index (χ1n) is 15.4. The average molecular weight is 601 g/mol. The fraction of sp³-hybridized carbons (Fsp3) is 0.500. The van der Waals surface area contributed by atoms with Gasteiger partial charge in [-0.1, -0.05) is 37.6 Å². The molecule has 10 nitrogen and oxygen atoms in total. The molecule has 2 aromatic rings. The van der Waals surface area contributed by atoms with E-state index in [-0.39, 0.29) is 30.0 Å². The fourth-order valence-corrected chi connectivity index (χ4v) is 8.98. The fourth-order valence-electron chi connectivity index (χ4n) is 8.98. The van der Waals surface area contributed by atoms with E-state index in [4.69, 9.17) is 10.5 Å². The summed E-state index contributed by atoms with van der Waals surface area (Å²) in [4.78, 5) is 42.5. The Morgan fingerprint density at radius 2 is 1.98 bits per heavy atom. The summed E-state index contributed by atoms with van der Waals surface area (Å²) in [5.74, 6) is -0.00823. The van der Waals surface area contributed by atoms with Crippen LogP contribution in [0.1, 0.15) is 63.3 Å². The Morgan fingerprint density at radius 3 is 2.66 bits per heavy atom. The number of allylic oxidation sites excluding steroid dienone is 4. The number of Topliss-reactive ketones (excluding diaryl/α,β-unsaturated/α-hetero) is 1. The second kappa shape index (κ2) is 11.3. The third-order valence-electron chi connectivity index (χ3n) is 11.1. The molecule has 0 spiro atoms. The molecule has 1 aromatic carbocycles. The maximum absolute atomic E-state index is 13.7. The Kier molecular flexibility index (Phi) is 7.80. The highest BCUT2D eigenvalue weighted by atomic mass is 16.5. The van der Waals surface area contributed by atoms with Crippen molar-refractivity contribution in [3.05, 3.63) is 82.4 Å². The van der Waals surface area contributed by atoms with Crippen molar-refractivity contribution in [3.63, 3.8) is 0 Å². The summed E-state index contributed by atoms with van der Waals surface area (Å²) < 4.78 is 6.47. The number of carbonyl (C=O) groups is 2. The second-order valence-corrected chi connectivity index (χ2v) is 13.3. The highest BCUT2D eigenvalue weighted by Gasteiger charge is 2.69. The zero-order valence-corrected chi connectivity index (χ0v) is 25.1. The quantitative estimate of drug-likeness (QED) is 0.237. The highest BCUT2D eigenvalue weighted by Crippen LogP contribution is 2.68. The van der Waals surface area contributed by atoms with Gasteiger partial charge in [-0.15, -0.1) is 4.91 Å². The summed E-state index contributed by atoms with van der Waals surface area (Å²) in [6.07, 6.45) is 7.35. The average Bonchev–Trinajstić information content (AvgIpc) is 3.31. The van der Waals surface area contributed by atoms with Gasteiger partial charge in [0.1, 0.15) is 18.0 Å². The molecule has 1 heterocycles. The number of hydrogen-bond acceptors (Lipinski definition) is 10. The second-order valence-electron chi connectivity index (χ2n) is 13.3. The van der Waals surface area contributed by atoms with E-state index < -0.39 is 41.2 Å². The van der Waals surface area contributed by atoms with E-state index >= 15 is 0 Å². The van der Waals surface area contributed by atoms with E-state index in [0.717, 1.165) is 24.0 Å². The number of carbonyl (C=O) groups excluding carboxylic acids is 2. The number of ether oxygens (including phenoxy) is 1. The summed E-state index contributed by atoms with van der Waals surface area (Å²) in [5.41, 5.74) is 6.09. The topological polar surface area (TPSA) is 164 Å². The molecular formula is C34H40N4O6. The van der Waals surface area contributed by atoms with Gasteiger partial charge in [-0.05, 0) is 91.1 Å². The third kappa shape index (κ3) is 4.80. The summed E-state index contributed by atoms with van der Waals surface area (Å²) in [6, 6.07) is 10.9. The number of nitroso groups, excluding NO2 is 1. The Morgan fingerprint density at radius 1 is 1.20 bits per heavy atom. The van der Waals surface area contributed by atoms with Crippen molar-refractivity contribution >= 4 is 23.1 Å². The van der Waals surface area contributed by atoms with Crippen molar-refractivity contribution in [3.8, 4) is 0 Å². The number of rotatable bonds is 9. The number of hydrogen-bond donors (Lipinski definition) is 4. The van der Waals surface area contributed by atoms with Crippen LogP contribution >= 0.6 is 0 Å². The smallest absolute Gasteiger partial charge is 0.218 e. The largest absolute Gasteiger partial charge is 0.399 e. The number of aliphatic hydroxyl groups is 2. The van der Waals surface area contributed by atoms with Gasteiger partial charge in [0.05, 0.1) is 6.10 Å². The van der Waals surface area contributed by atoms with Gasteiger partial charge in [0.15, 0.2) is 11.6 Å². The first-order valence-corrected chi connectivity index (χ1v) is 15.4. The zero-order valence-electron chi connectivity index (χ0n) is 25.1. The normalized spacial score (nSPS) is 34.7. The first kappa shape index (κ1) is 30.3. The molecular weight excluding hydrogens is 560 g/mol. The molecule has 4 aliphatic rings. The molecule has 5 N–H and O–H groups in total. The van der Waals surface area contributed by atoms with Gasteiger partial charge in [0.2, 0.25) is 6.23 Å². The van der Waals surface area contributed by atoms with Crippen LogP contribution in [0.5, 0.6) is 0 Å². The predicted octanol–water partition coefficient (Wildman–Crippen LogP) is 4.64. The van der Waals surface area contributed by atoms with Crippen LogP contribution in [0, 0.1) is 33.5 Å². The van der Waals surface area contributed by atoms with Crippen LogP contribution in [0.3, 0.4) is 0 Å². The predicted molar refractivity (Wildman–Crippen MR) is 165 cm³/mol. The van der Waals surface area contributed by atoms with Crippen molar-refractivity contribution in [2.24, 2.45) is 33.8 Å². The van der Waals surface area contributed by atoms with Gasteiger partial charge in [0.25, 0.3) is 0 Å². The lowest BCUT2D eigenvalue weighted by Crippen LogP contribution is -2.62. The minimum absolute atomic E-state index is 0.00106. The number of aliphatic hydroxyl groups excluding tert-OH is 2. The van der Waals surface area contributed by atoms with E-state index in [9.17, 15) is 24.7 Å². The Balaban J connectivity index is 1.25. The van der Waals surface area contributed by atoms with Crippen LogP contribution < -0.4 is 11.1 Å². The number of benzene rings is 1. The molecule has 0 radical (unpaired) electrons. The minimum Gasteiger partial charge on any atom is -0.399 e. The van der Waals surface area contributed by atoms with Gasteiger partial charge >= 0.3 is 0 Å². The van der Waals surface area contributed by atoms with Crippen LogP contribution in [-0.4, -0.2) is 45.1 Å². The number of ketones is 2. The monoisotopic (exact) mass is 600 g/mol. The molecule has 0 bridgehead atoms. The molecule has 10 heteroatoms. The molecule has 8 atom stereocenters. The number of nitrogens with zero attached hydrogens (tertiary/aromatic N) is 2. The van der Waals surface area contributed by atoms with E-state index in [2.05, 4.69) is 22.4 Å². The number of anilines is 2. The molecule has 1 aromatic heterocycles. The standard InChI is InChI=1S/C34H40N4O6/c1-32-13-11-24(40)15-22(32)6-9-25-26-12-14-34(28(42)19-39,33(26,2)16-27(41)30(25)32)44-31(38-43)21-5-10-29(37-18-21)36-17-20-3-7-23(35)8-4-20/h3-5,7-8,10-11,13,15,18,25-27,30-31,39,41H,6,9,12,14,16-17,19,35H2,1-2H3,(H,36,37)/t25-,26?,27-,30?,31+,32-,33-,34-/m0/s1. The van der Waals surface area contributed by atoms with Crippen molar-refractivity contribution in [1.29, 1.82) is 0 Å². The van der Waals surface area contributed by atoms with Crippen molar-refractivity contribution < 1.29 is 24.5 Å². The van der Waals surface area contributed by atoms with Crippen LogP contribution in [0.2, 0.25) is 0 Å². The van der Waals surface area contributed by atoms with Crippen LogP contribution in [0.15, 0.2) is 71.6 Å². The minimum atomic E-state index is -1.52. The van der Waals surface area contributed by atoms with Gasteiger partial charge in [-0.25, -0.2) is 4.98 Å². The van der Waals surface area contributed by atoms with Crippen LogP contribution in [0.25, 0.3) is 0 Å². The number of nitrogens with one attached hydrogen (secondary N) is 1. The van der Waals surface area contributed by atoms with Crippen molar-refractivity contribution in [2.45, 2.75) is 70.4 Å². The lowest BCUT2D eigenvalue weighted by Gasteiger charge is -2.60. The van der Waals surface area contributed by atoms with E-state index in [1.165, 1.54) is 6.20 Å². The van der Waals surface area contributed by atoms with Gasteiger partial charge in [-0.3, -0.25) is 9.59 Å². The zero-order chi connectivity index (χ0) is 31.3. The maximum Gasteiger partial charge on any atom is 0.218 e. The van der Waals surface area contributed by atoms with Crippen LogP contribution in [0.4, 0.5) is 11.5 Å². The molecule has 2 unspecified atom stereocenters. The lowest BCUT2D eigenvalue weighted by atomic mass is 9.46. The molecule has 3 saturated carbocycles. The maximum atomic E-state index is 13.7. The van der Waals surface area contributed by atoms with Crippen LogP contribution in [-0.2, 0) is 20.9 Å². The molecule has 44 heavy (non-hydrogen) atoms. The van der Waals surface area contributed by atoms with E-state index in [1.807, 2.05) is 37.3 Å². The van der Waals surface area contributed by atoms with Gasteiger partial charge in [0, 0.05) is 40.7 Å². The Labute approximate surface area is 256 Å². The number of nitrogen functional groups attached to an aromatic ring is 1. The van der Waals surface area contributed by atoms with Gasteiger partial charge < -0.3 is 26.0 Å². The molecule has 0 amide bonds. The van der Waals surface area contributed by atoms with E-state index in [1.54, 1.807) is 24.3 Å². The molecule has 0 saturated heterocycles. The molecule has 232 valence electrons. The van der Waals surface area contributed by atoms with Crippen molar-refractivity contribution in [2.75, 3.05) is 17.7 Å². The number of fused-ring (bicyclic) bond motifs is 5. The highest BCUT2D eigenvalue weighted by molar-refractivity contribution is 6.01. The SMILES string of the molecule is C[C@]12C=CC(=O)C=C1CC[C@@H]1C2[C@@H](O)C[C@@]2(C)C1CC[C@]2(O[C@@H](N=O)c1ccc(NCc2ccc(N)cc2)nc1)C(=O)CO. The molecule has 4 aliphatic carbocycles. The molecule has 0 aliphatic heterocycles. The van der Waals surface area contributed by atoms with Gasteiger partial charge in [-0.2, -0.15) is 0 Å². The molecule has 3 fully saturated rings. The summed E-state index contributed by atoms with van der Waals surface area (Å²) >= 11 is 0. The number of aromatic nitrogens is 1. The summed E-state index contributed by atoms with van der Waals surface area (Å²) in [7, 11) is 0. The third-order valence-corrected chi connectivity index (χ3v) is 11.1. The first-order chi connectivity index (χ1) is 21.0. The number of nitrogens with two attached hydrogens (primary N) is 1.